The largest absolute Gasteiger partial charge is 0.395 e. The van der Waals surface area contributed by atoms with E-state index in [2.05, 4.69) is 10.6 Å². The number of hydrogen-bond acceptors (Lipinski definition) is 5. The molecule has 2 unspecified atom stereocenters. The van der Waals surface area contributed by atoms with Crippen LogP contribution in [0.2, 0.25) is 0 Å². The summed E-state index contributed by atoms with van der Waals surface area (Å²) in [5.41, 5.74) is 1.01. The quantitative estimate of drug-likeness (QED) is 0.564. The maximum absolute atomic E-state index is 13.6. The van der Waals surface area contributed by atoms with Crippen LogP contribution in [0.25, 0.3) is 0 Å². The van der Waals surface area contributed by atoms with Gasteiger partial charge in [0, 0.05) is 24.4 Å². The van der Waals surface area contributed by atoms with Crippen molar-refractivity contribution in [2.75, 3.05) is 13.2 Å². The van der Waals surface area contributed by atoms with Crippen LogP contribution in [0.15, 0.2) is 30.3 Å². The van der Waals surface area contributed by atoms with Crippen molar-refractivity contribution in [1.82, 2.24) is 15.5 Å². The fourth-order valence-corrected chi connectivity index (χ4v) is 8.75. The molecule has 33 heavy (non-hydrogen) atoms. The van der Waals surface area contributed by atoms with Crippen LogP contribution >= 0.6 is 11.8 Å². The summed E-state index contributed by atoms with van der Waals surface area (Å²) in [6.07, 6.45) is 6.97. The molecule has 3 amide bonds. The number of benzene rings is 1. The normalized spacial score (nSPS) is 33.2. The van der Waals surface area contributed by atoms with E-state index in [4.69, 9.17) is 0 Å². The molecule has 3 saturated heterocycles. The van der Waals surface area contributed by atoms with Crippen molar-refractivity contribution < 1.29 is 19.5 Å². The molecular weight excluding hydrogens is 438 g/mol. The zero-order valence-corrected chi connectivity index (χ0v) is 19.7. The predicted octanol–water partition coefficient (Wildman–Crippen LogP) is 1.84. The third-order valence-corrected chi connectivity index (χ3v) is 9.91. The second kappa shape index (κ2) is 9.29. The molecule has 3 N–H and O–H groups in total. The number of nitrogens with zero attached hydrogens (tertiary/aromatic N) is 1. The van der Waals surface area contributed by atoms with Gasteiger partial charge in [-0.25, -0.2) is 0 Å². The SMILES string of the molecule is O=C(NC1CCCCC1)C1N(CCO)C(=O)[C@@H]2[C@@H](C(=O)NCc3ccccc3)[C@H]3CCC12S3. The van der Waals surface area contributed by atoms with Crippen LogP contribution in [-0.2, 0) is 20.9 Å². The van der Waals surface area contributed by atoms with Gasteiger partial charge in [0.05, 0.1) is 23.2 Å². The standard InChI is InChI=1S/C25H33N3O4S/c29-14-13-28-21(23(31)27-17-9-5-2-6-10-17)25-12-11-18(33-25)19(20(25)24(28)32)22(30)26-15-16-7-3-1-4-8-16/h1,3-4,7-8,17-21,29H,2,5-6,9-15H2,(H,26,30)(H,27,31)/t18-,19+,20+,21?,25?/m1/s1. The van der Waals surface area contributed by atoms with Crippen LogP contribution in [-0.4, -0.2) is 63.0 Å². The minimum absolute atomic E-state index is 0.0518. The minimum atomic E-state index is -0.619. The fourth-order valence-electron chi connectivity index (χ4n) is 6.53. The summed E-state index contributed by atoms with van der Waals surface area (Å²) in [5.74, 6) is -1.31. The average Bonchev–Trinajstić information content (AvgIpc) is 3.47. The summed E-state index contributed by atoms with van der Waals surface area (Å²) in [4.78, 5) is 42.0. The van der Waals surface area contributed by atoms with E-state index in [-0.39, 0.29) is 42.2 Å². The highest BCUT2D eigenvalue weighted by atomic mass is 32.2. The molecule has 4 aliphatic rings. The highest BCUT2D eigenvalue weighted by Crippen LogP contribution is 2.66. The maximum atomic E-state index is 13.6. The highest BCUT2D eigenvalue weighted by Gasteiger charge is 2.73. The lowest BCUT2D eigenvalue weighted by molar-refractivity contribution is -0.140. The minimum Gasteiger partial charge on any atom is -0.395 e. The summed E-state index contributed by atoms with van der Waals surface area (Å²) in [6.45, 7) is 0.359. The molecule has 3 heterocycles. The fraction of sp³-hybridized carbons (Fsp3) is 0.640. The molecule has 178 valence electrons. The molecule has 8 heteroatoms. The number of likely N-dealkylation sites (tertiary alicyclic amines) is 1. The van der Waals surface area contributed by atoms with Gasteiger partial charge in [-0.1, -0.05) is 49.6 Å². The summed E-state index contributed by atoms with van der Waals surface area (Å²) >= 11 is 1.67. The van der Waals surface area contributed by atoms with Crippen molar-refractivity contribution >= 4 is 29.5 Å². The van der Waals surface area contributed by atoms with Gasteiger partial charge in [0.1, 0.15) is 6.04 Å². The Kier molecular flexibility index (Phi) is 6.40. The number of fused-ring (bicyclic) bond motifs is 1. The van der Waals surface area contributed by atoms with Gasteiger partial charge in [0.2, 0.25) is 17.7 Å². The smallest absolute Gasteiger partial charge is 0.244 e. The van der Waals surface area contributed by atoms with Gasteiger partial charge in [-0.2, -0.15) is 0 Å². The Morgan fingerprint density at radius 3 is 2.58 bits per heavy atom. The van der Waals surface area contributed by atoms with Crippen molar-refractivity contribution in [3.8, 4) is 0 Å². The van der Waals surface area contributed by atoms with E-state index in [1.165, 1.54) is 6.42 Å². The van der Waals surface area contributed by atoms with Crippen molar-refractivity contribution in [1.29, 1.82) is 0 Å². The van der Waals surface area contributed by atoms with Gasteiger partial charge in [-0.3, -0.25) is 14.4 Å². The van der Waals surface area contributed by atoms with Gasteiger partial charge in [0.25, 0.3) is 0 Å². The number of aliphatic hydroxyl groups excluding tert-OH is 1. The second-order valence-corrected chi connectivity index (χ2v) is 11.5. The molecule has 5 atom stereocenters. The van der Waals surface area contributed by atoms with Crippen molar-refractivity contribution in [3.05, 3.63) is 35.9 Å². The Morgan fingerprint density at radius 2 is 1.85 bits per heavy atom. The molecular formula is C25H33N3O4S. The molecule has 4 fully saturated rings. The van der Waals surface area contributed by atoms with Gasteiger partial charge < -0.3 is 20.6 Å². The number of aliphatic hydroxyl groups is 1. The second-order valence-electron chi connectivity index (χ2n) is 9.86. The number of thioether (sulfide) groups is 1. The molecule has 1 aromatic carbocycles. The summed E-state index contributed by atoms with van der Waals surface area (Å²) in [5, 5.41) is 16.0. The van der Waals surface area contributed by atoms with Crippen LogP contribution in [0.1, 0.15) is 50.5 Å². The van der Waals surface area contributed by atoms with Crippen LogP contribution in [0.5, 0.6) is 0 Å². The van der Waals surface area contributed by atoms with Crippen molar-refractivity contribution in [3.63, 3.8) is 0 Å². The first-order valence-corrected chi connectivity index (χ1v) is 13.1. The maximum Gasteiger partial charge on any atom is 0.244 e. The summed E-state index contributed by atoms with van der Waals surface area (Å²) in [7, 11) is 0. The van der Waals surface area contributed by atoms with E-state index in [0.717, 1.165) is 44.1 Å². The zero-order valence-electron chi connectivity index (χ0n) is 18.9. The van der Waals surface area contributed by atoms with Gasteiger partial charge in [-0.15, -0.1) is 11.8 Å². The van der Waals surface area contributed by atoms with E-state index in [1.54, 1.807) is 16.7 Å². The first-order chi connectivity index (χ1) is 16.0. The number of amides is 3. The lowest BCUT2D eigenvalue weighted by Gasteiger charge is -2.35. The number of carbonyl (C=O) groups is 3. The van der Waals surface area contributed by atoms with E-state index in [9.17, 15) is 19.5 Å². The topological polar surface area (TPSA) is 98.7 Å². The number of nitrogens with one attached hydrogen (secondary N) is 2. The molecule has 7 nitrogen and oxygen atoms in total. The average molecular weight is 472 g/mol. The number of hydrogen-bond donors (Lipinski definition) is 3. The lowest BCUT2D eigenvalue weighted by atomic mass is 9.70. The van der Waals surface area contributed by atoms with Crippen LogP contribution in [0, 0.1) is 11.8 Å². The van der Waals surface area contributed by atoms with Crippen molar-refractivity contribution in [2.45, 2.75) is 73.6 Å². The van der Waals surface area contributed by atoms with Gasteiger partial charge >= 0.3 is 0 Å². The van der Waals surface area contributed by atoms with Gasteiger partial charge in [-0.05, 0) is 31.2 Å². The Bertz CT molecular complexity index is 906. The zero-order chi connectivity index (χ0) is 23.0. The first kappa shape index (κ1) is 22.7. The predicted molar refractivity (Wildman–Crippen MR) is 126 cm³/mol. The third kappa shape index (κ3) is 3.95. The summed E-state index contributed by atoms with van der Waals surface area (Å²) in [6, 6.07) is 9.28. The Hall–Kier alpha value is -2.06. The van der Waals surface area contributed by atoms with E-state index >= 15 is 0 Å². The Balaban J connectivity index is 1.37. The molecule has 5 rings (SSSR count). The lowest BCUT2D eigenvalue weighted by Crippen LogP contribution is -2.56. The Labute approximate surface area is 199 Å². The van der Waals surface area contributed by atoms with E-state index < -0.39 is 22.6 Å². The van der Waals surface area contributed by atoms with Crippen LogP contribution in [0.4, 0.5) is 0 Å². The summed E-state index contributed by atoms with van der Waals surface area (Å²) < 4.78 is -0.579. The highest BCUT2D eigenvalue weighted by molar-refractivity contribution is 8.02. The molecule has 3 aliphatic heterocycles. The van der Waals surface area contributed by atoms with E-state index in [0.29, 0.717) is 6.54 Å². The molecule has 2 bridgehead atoms. The number of carbonyl (C=O) groups excluding carboxylic acids is 3. The first-order valence-electron chi connectivity index (χ1n) is 12.3. The number of β-amino-alcohol motifs (C(OH)–C–C–N with tert-alkyl or cyclic N) is 1. The van der Waals surface area contributed by atoms with E-state index in [1.807, 2.05) is 30.3 Å². The Morgan fingerprint density at radius 1 is 1.09 bits per heavy atom. The van der Waals surface area contributed by atoms with Crippen LogP contribution in [0.3, 0.4) is 0 Å². The third-order valence-electron chi connectivity index (χ3n) is 7.95. The van der Waals surface area contributed by atoms with Crippen LogP contribution < -0.4 is 10.6 Å². The molecule has 0 radical (unpaired) electrons. The monoisotopic (exact) mass is 471 g/mol. The molecule has 0 aromatic heterocycles. The molecule has 1 saturated carbocycles. The van der Waals surface area contributed by atoms with Crippen molar-refractivity contribution in [2.24, 2.45) is 11.8 Å². The molecule has 1 spiro atoms. The molecule has 1 aromatic rings. The molecule has 1 aliphatic carbocycles. The van der Waals surface area contributed by atoms with Gasteiger partial charge in [0.15, 0.2) is 0 Å². The number of rotatable bonds is 7.